The van der Waals surface area contributed by atoms with Crippen LogP contribution in [0.2, 0.25) is 0 Å². The monoisotopic (exact) mass is 448 g/mol. The molecule has 10 nitrogen and oxygen atoms in total. The molecule has 1 fully saturated rings. The Labute approximate surface area is 192 Å². The summed E-state index contributed by atoms with van der Waals surface area (Å²) in [4.78, 5) is 33.9. The lowest BCUT2D eigenvalue weighted by molar-refractivity contribution is -0.120. The van der Waals surface area contributed by atoms with E-state index in [9.17, 15) is 9.59 Å². The molecule has 0 spiro atoms. The van der Waals surface area contributed by atoms with Gasteiger partial charge in [-0.15, -0.1) is 5.10 Å². The maximum Gasteiger partial charge on any atom is 0.291 e. The zero-order valence-corrected chi connectivity index (χ0v) is 18.7. The van der Waals surface area contributed by atoms with Gasteiger partial charge in [-0.3, -0.25) is 14.5 Å². The Morgan fingerprint density at radius 3 is 2.73 bits per heavy atom. The third-order valence-electron chi connectivity index (χ3n) is 6.28. The first-order valence-corrected chi connectivity index (χ1v) is 11.4. The molecule has 0 bridgehead atoms. The number of aryl methyl sites for hydroxylation is 1. The summed E-state index contributed by atoms with van der Waals surface area (Å²) in [5.74, 6) is 0.195. The van der Waals surface area contributed by atoms with Crippen molar-refractivity contribution >= 4 is 17.6 Å². The minimum absolute atomic E-state index is 0.0525. The molecule has 4 heterocycles. The van der Waals surface area contributed by atoms with Crippen LogP contribution in [0.25, 0.3) is 0 Å². The summed E-state index contributed by atoms with van der Waals surface area (Å²) in [6.07, 6.45) is 4.13. The van der Waals surface area contributed by atoms with Crippen molar-refractivity contribution < 1.29 is 9.59 Å². The molecule has 1 atom stereocenters. The fourth-order valence-electron chi connectivity index (χ4n) is 4.22. The number of hydrogen-bond acceptors (Lipinski definition) is 6. The first-order valence-electron chi connectivity index (χ1n) is 11.4. The Morgan fingerprint density at radius 2 is 1.97 bits per heavy atom. The van der Waals surface area contributed by atoms with Crippen LogP contribution in [0, 0.1) is 0 Å². The summed E-state index contributed by atoms with van der Waals surface area (Å²) >= 11 is 0. The van der Waals surface area contributed by atoms with Crippen LogP contribution in [0.5, 0.6) is 0 Å². The Kier molecular flexibility index (Phi) is 5.91. The van der Waals surface area contributed by atoms with E-state index in [1.54, 1.807) is 16.6 Å². The van der Waals surface area contributed by atoms with Crippen molar-refractivity contribution in [3.8, 4) is 0 Å². The highest BCUT2D eigenvalue weighted by atomic mass is 16.2. The third-order valence-corrected chi connectivity index (χ3v) is 6.28. The zero-order valence-electron chi connectivity index (χ0n) is 18.7. The third kappa shape index (κ3) is 4.65. The molecule has 3 aromatic rings. The van der Waals surface area contributed by atoms with Crippen LogP contribution in [-0.2, 0) is 24.3 Å². The lowest BCUT2D eigenvalue weighted by Crippen LogP contribution is -2.47. The van der Waals surface area contributed by atoms with Gasteiger partial charge in [0.2, 0.25) is 5.82 Å². The van der Waals surface area contributed by atoms with Gasteiger partial charge in [-0.1, -0.05) is 30.3 Å². The lowest BCUT2D eigenvalue weighted by Gasteiger charge is -2.30. The number of carbonyl (C=O) groups excluding carboxylic acids is 2. The smallest absolute Gasteiger partial charge is 0.291 e. The van der Waals surface area contributed by atoms with Crippen molar-refractivity contribution in [3.63, 3.8) is 0 Å². The number of hydrogen-bond donors (Lipinski definition) is 1. The number of likely N-dealkylation sites (tertiary alicyclic amines) is 1. The van der Waals surface area contributed by atoms with E-state index in [2.05, 4.69) is 20.3 Å². The number of amides is 2. The molecule has 172 valence electrons. The number of benzene rings is 1. The van der Waals surface area contributed by atoms with Gasteiger partial charge in [0, 0.05) is 32.6 Å². The van der Waals surface area contributed by atoms with Crippen molar-refractivity contribution in [2.45, 2.75) is 38.4 Å². The number of nitrogens with zero attached hydrogens (tertiary/aromatic N) is 7. The quantitative estimate of drug-likeness (QED) is 0.577. The molecular formula is C23H28N8O2. The van der Waals surface area contributed by atoms with Gasteiger partial charge in [-0.25, -0.2) is 14.3 Å². The molecule has 2 aliphatic heterocycles. The lowest BCUT2D eigenvalue weighted by atomic mass is 10.2. The molecule has 2 aromatic heterocycles. The summed E-state index contributed by atoms with van der Waals surface area (Å²) in [7, 11) is 1.73. The number of fused-ring (bicyclic) bond motifs is 1. The molecular weight excluding hydrogens is 420 g/mol. The summed E-state index contributed by atoms with van der Waals surface area (Å²) < 4.78 is 3.48. The van der Waals surface area contributed by atoms with E-state index in [0.717, 1.165) is 43.1 Å². The van der Waals surface area contributed by atoms with Gasteiger partial charge in [0.05, 0.1) is 12.2 Å². The molecule has 1 unspecified atom stereocenters. The topological polar surface area (TPSA) is 101 Å². The highest BCUT2D eigenvalue weighted by Gasteiger charge is 2.31. The van der Waals surface area contributed by atoms with Gasteiger partial charge in [0.25, 0.3) is 11.8 Å². The van der Waals surface area contributed by atoms with Crippen molar-refractivity contribution in [2.24, 2.45) is 0 Å². The molecule has 1 saturated heterocycles. The number of rotatable bonds is 7. The molecule has 0 aliphatic carbocycles. The van der Waals surface area contributed by atoms with Crippen LogP contribution < -0.4 is 10.2 Å². The Hall–Kier alpha value is -3.53. The molecule has 1 N–H and O–H groups in total. The molecule has 0 radical (unpaired) electrons. The summed E-state index contributed by atoms with van der Waals surface area (Å²) in [5, 5.41) is 11.8. The maximum atomic E-state index is 13.1. The van der Waals surface area contributed by atoms with E-state index in [1.807, 2.05) is 41.1 Å². The van der Waals surface area contributed by atoms with E-state index in [-0.39, 0.29) is 11.7 Å². The van der Waals surface area contributed by atoms with Crippen LogP contribution in [-0.4, -0.2) is 74.0 Å². The second-order valence-corrected chi connectivity index (χ2v) is 8.63. The fraction of sp³-hybridized carbons (Fsp3) is 0.435. The van der Waals surface area contributed by atoms with Gasteiger partial charge < -0.3 is 10.2 Å². The van der Waals surface area contributed by atoms with E-state index in [0.29, 0.717) is 19.5 Å². The summed E-state index contributed by atoms with van der Waals surface area (Å²) in [6, 6.07) is 11.2. The second kappa shape index (κ2) is 9.14. The van der Waals surface area contributed by atoms with Gasteiger partial charge >= 0.3 is 0 Å². The van der Waals surface area contributed by atoms with Gasteiger partial charge in [0.15, 0.2) is 0 Å². The minimum Gasteiger partial charge on any atom is -0.337 e. The number of likely N-dealkylation sites (N-methyl/N-ethyl adjacent to an activating group) is 1. The second-order valence-electron chi connectivity index (χ2n) is 8.63. The Morgan fingerprint density at radius 1 is 1.15 bits per heavy atom. The van der Waals surface area contributed by atoms with Crippen LogP contribution in [0.15, 0.2) is 42.7 Å². The van der Waals surface area contributed by atoms with E-state index >= 15 is 0 Å². The minimum atomic E-state index is -0.658. The molecule has 10 heteroatoms. The van der Waals surface area contributed by atoms with E-state index in [4.69, 9.17) is 5.10 Å². The normalized spacial score (nSPS) is 18.5. The van der Waals surface area contributed by atoms with Crippen molar-refractivity contribution in [1.29, 1.82) is 0 Å². The van der Waals surface area contributed by atoms with Crippen molar-refractivity contribution in [2.75, 3.05) is 31.6 Å². The average Bonchev–Trinajstić information content (AvgIpc) is 3.40. The molecule has 1 aromatic carbocycles. The van der Waals surface area contributed by atoms with Gasteiger partial charge in [0.1, 0.15) is 18.2 Å². The summed E-state index contributed by atoms with van der Waals surface area (Å²) in [5.41, 5.74) is 2.06. The standard InChI is InChI=1S/C23H28N8O2/c1-28-20-14-18(8-12-29-10-5-11-29)26-31(20)13-9-19(23(28)33)25-22(32)21-24-16-30(27-21)15-17-6-3-2-4-7-17/h2-4,6-7,14,16,19H,5,8-13,15H2,1H3,(H,25,32). The number of nitrogens with one attached hydrogen (secondary N) is 1. The number of anilines is 1. The van der Waals surface area contributed by atoms with Crippen LogP contribution in [0.3, 0.4) is 0 Å². The predicted octanol–water partition coefficient (Wildman–Crippen LogP) is 0.936. The average molecular weight is 449 g/mol. The summed E-state index contributed by atoms with van der Waals surface area (Å²) in [6.45, 7) is 4.39. The van der Waals surface area contributed by atoms with Crippen molar-refractivity contribution in [1.82, 2.24) is 34.8 Å². The van der Waals surface area contributed by atoms with Crippen LogP contribution in [0.1, 0.15) is 34.7 Å². The first-order chi connectivity index (χ1) is 16.1. The van der Waals surface area contributed by atoms with E-state index < -0.39 is 11.9 Å². The number of aromatic nitrogens is 5. The fourth-order valence-corrected chi connectivity index (χ4v) is 4.22. The highest BCUT2D eigenvalue weighted by molar-refractivity contribution is 6.00. The van der Waals surface area contributed by atoms with Crippen LogP contribution in [0.4, 0.5) is 5.82 Å². The maximum absolute atomic E-state index is 13.1. The molecule has 0 saturated carbocycles. The van der Waals surface area contributed by atoms with Gasteiger partial charge in [-0.05, 0) is 31.5 Å². The molecule has 2 aliphatic rings. The van der Waals surface area contributed by atoms with Gasteiger partial charge in [-0.2, -0.15) is 5.10 Å². The first kappa shape index (κ1) is 21.3. The van der Waals surface area contributed by atoms with Crippen LogP contribution >= 0.6 is 0 Å². The Balaban J connectivity index is 1.21. The predicted molar refractivity (Wildman–Crippen MR) is 122 cm³/mol. The highest BCUT2D eigenvalue weighted by Crippen LogP contribution is 2.22. The molecule has 33 heavy (non-hydrogen) atoms. The largest absolute Gasteiger partial charge is 0.337 e. The molecule has 2 amide bonds. The van der Waals surface area contributed by atoms with E-state index in [1.165, 1.54) is 12.7 Å². The zero-order chi connectivity index (χ0) is 22.8. The van der Waals surface area contributed by atoms with Crippen molar-refractivity contribution in [3.05, 3.63) is 59.8 Å². The SMILES string of the molecule is CN1C(=O)C(NC(=O)c2ncn(Cc3ccccc3)n2)CCn2nc(CCN3CCC3)cc21. The Bertz CT molecular complexity index is 1130. The molecule has 5 rings (SSSR count). The number of carbonyl (C=O) groups is 2.